The van der Waals surface area contributed by atoms with Crippen LogP contribution < -0.4 is 0 Å². The van der Waals surface area contributed by atoms with Crippen molar-refractivity contribution in [2.45, 2.75) is 52.2 Å². The molecule has 0 amide bonds. The standard InChI is InChI=1S/C11H18O3/c1-3-4-5-6-7-11-13-9(2)8-10(12)14-11/h8,11H,3-7H2,1-2H3. The summed E-state index contributed by atoms with van der Waals surface area (Å²) in [6, 6.07) is 0. The maximum atomic E-state index is 11.0. The van der Waals surface area contributed by atoms with Gasteiger partial charge in [-0.2, -0.15) is 0 Å². The fourth-order valence-corrected chi connectivity index (χ4v) is 1.45. The van der Waals surface area contributed by atoms with Crippen LogP contribution in [0.25, 0.3) is 0 Å². The van der Waals surface area contributed by atoms with Crippen molar-refractivity contribution in [3.8, 4) is 0 Å². The topological polar surface area (TPSA) is 35.5 Å². The first-order valence-electron chi connectivity index (χ1n) is 5.28. The molecular formula is C11H18O3. The van der Waals surface area contributed by atoms with Gasteiger partial charge >= 0.3 is 5.97 Å². The van der Waals surface area contributed by atoms with Gasteiger partial charge in [0.05, 0.1) is 6.08 Å². The smallest absolute Gasteiger partial charge is 0.337 e. The molecule has 0 spiro atoms. The molecule has 0 radical (unpaired) electrons. The van der Waals surface area contributed by atoms with E-state index in [1.807, 2.05) is 0 Å². The summed E-state index contributed by atoms with van der Waals surface area (Å²) in [7, 11) is 0. The lowest BCUT2D eigenvalue weighted by molar-refractivity contribution is -0.173. The largest absolute Gasteiger partial charge is 0.459 e. The van der Waals surface area contributed by atoms with Gasteiger partial charge in [-0.1, -0.05) is 26.2 Å². The monoisotopic (exact) mass is 198 g/mol. The van der Waals surface area contributed by atoms with Gasteiger partial charge < -0.3 is 9.47 Å². The highest BCUT2D eigenvalue weighted by molar-refractivity contribution is 5.82. The third-order valence-electron chi connectivity index (χ3n) is 2.18. The number of esters is 1. The van der Waals surface area contributed by atoms with Gasteiger partial charge in [0.1, 0.15) is 5.76 Å². The van der Waals surface area contributed by atoms with Crippen LogP contribution in [0.3, 0.4) is 0 Å². The van der Waals surface area contributed by atoms with Crippen molar-refractivity contribution in [3.63, 3.8) is 0 Å². The fourth-order valence-electron chi connectivity index (χ4n) is 1.45. The van der Waals surface area contributed by atoms with Gasteiger partial charge in [0, 0.05) is 6.42 Å². The zero-order valence-electron chi connectivity index (χ0n) is 8.91. The van der Waals surface area contributed by atoms with E-state index < -0.39 is 0 Å². The van der Waals surface area contributed by atoms with Crippen LogP contribution in [0.4, 0.5) is 0 Å². The Labute approximate surface area is 85.1 Å². The minimum absolute atomic E-state index is 0.283. The van der Waals surface area contributed by atoms with E-state index in [0.29, 0.717) is 5.76 Å². The predicted octanol–water partition coefficient (Wildman–Crippen LogP) is 2.76. The maximum Gasteiger partial charge on any atom is 0.337 e. The minimum atomic E-state index is -0.357. The Balaban J connectivity index is 2.20. The second-order valence-corrected chi connectivity index (χ2v) is 3.59. The van der Waals surface area contributed by atoms with Crippen molar-refractivity contribution in [1.29, 1.82) is 0 Å². The minimum Gasteiger partial charge on any atom is -0.459 e. The van der Waals surface area contributed by atoms with E-state index in [0.717, 1.165) is 12.8 Å². The molecular weight excluding hydrogens is 180 g/mol. The molecule has 0 saturated heterocycles. The van der Waals surface area contributed by atoms with Gasteiger partial charge in [0.15, 0.2) is 0 Å². The lowest BCUT2D eigenvalue weighted by Crippen LogP contribution is -2.24. The first-order chi connectivity index (χ1) is 6.72. The number of carbonyl (C=O) groups is 1. The van der Waals surface area contributed by atoms with Crippen LogP contribution >= 0.6 is 0 Å². The molecule has 1 aliphatic rings. The van der Waals surface area contributed by atoms with Gasteiger partial charge in [-0.3, -0.25) is 0 Å². The number of carbonyl (C=O) groups excluding carboxylic acids is 1. The van der Waals surface area contributed by atoms with Crippen LogP contribution in [0, 0.1) is 0 Å². The Kier molecular flexibility index (Phi) is 4.50. The Morgan fingerprint density at radius 3 is 2.71 bits per heavy atom. The van der Waals surface area contributed by atoms with Crippen LogP contribution in [0.5, 0.6) is 0 Å². The Morgan fingerprint density at radius 2 is 2.07 bits per heavy atom. The highest BCUT2D eigenvalue weighted by atomic mass is 16.7. The molecule has 0 aliphatic carbocycles. The Bertz CT molecular complexity index is 221. The lowest BCUT2D eigenvalue weighted by Gasteiger charge is -2.22. The van der Waals surface area contributed by atoms with E-state index in [-0.39, 0.29) is 12.3 Å². The summed E-state index contributed by atoms with van der Waals surface area (Å²) < 4.78 is 10.4. The molecule has 0 bridgehead atoms. The van der Waals surface area contributed by atoms with Crippen molar-refractivity contribution in [2.24, 2.45) is 0 Å². The number of hydrogen-bond acceptors (Lipinski definition) is 3. The molecule has 1 atom stereocenters. The quantitative estimate of drug-likeness (QED) is 0.503. The summed E-state index contributed by atoms with van der Waals surface area (Å²) in [6.07, 6.45) is 6.50. The van der Waals surface area contributed by atoms with Crippen molar-refractivity contribution in [3.05, 3.63) is 11.8 Å². The van der Waals surface area contributed by atoms with E-state index in [4.69, 9.17) is 9.47 Å². The summed E-state index contributed by atoms with van der Waals surface area (Å²) in [5.41, 5.74) is 0. The van der Waals surface area contributed by atoms with Gasteiger partial charge in [0.2, 0.25) is 6.29 Å². The first kappa shape index (κ1) is 11.1. The zero-order valence-corrected chi connectivity index (χ0v) is 8.91. The van der Waals surface area contributed by atoms with Crippen LogP contribution in [0.1, 0.15) is 46.0 Å². The van der Waals surface area contributed by atoms with Crippen molar-refractivity contribution in [2.75, 3.05) is 0 Å². The third-order valence-corrected chi connectivity index (χ3v) is 2.18. The van der Waals surface area contributed by atoms with Crippen LogP contribution in [-0.4, -0.2) is 12.3 Å². The highest BCUT2D eigenvalue weighted by Crippen LogP contribution is 2.16. The molecule has 1 aliphatic heterocycles. The molecule has 0 saturated carbocycles. The van der Waals surface area contributed by atoms with E-state index in [1.54, 1.807) is 6.92 Å². The molecule has 0 N–H and O–H groups in total. The second-order valence-electron chi connectivity index (χ2n) is 3.59. The number of unbranched alkanes of at least 4 members (excludes halogenated alkanes) is 3. The van der Waals surface area contributed by atoms with Gasteiger partial charge in [0.25, 0.3) is 0 Å². The number of allylic oxidation sites excluding steroid dienone is 1. The van der Waals surface area contributed by atoms with E-state index in [1.165, 1.54) is 25.3 Å². The second kappa shape index (κ2) is 5.68. The summed E-state index contributed by atoms with van der Waals surface area (Å²) in [5, 5.41) is 0. The molecule has 0 aromatic carbocycles. The highest BCUT2D eigenvalue weighted by Gasteiger charge is 2.19. The van der Waals surface area contributed by atoms with Gasteiger partial charge in [-0.05, 0) is 13.3 Å². The lowest BCUT2D eigenvalue weighted by atomic mass is 10.1. The molecule has 1 unspecified atom stereocenters. The molecule has 0 aromatic rings. The van der Waals surface area contributed by atoms with E-state index >= 15 is 0 Å². The van der Waals surface area contributed by atoms with Crippen LogP contribution in [0.15, 0.2) is 11.8 Å². The third kappa shape index (κ3) is 3.81. The number of hydrogen-bond donors (Lipinski definition) is 0. The van der Waals surface area contributed by atoms with Crippen molar-refractivity contribution in [1.82, 2.24) is 0 Å². The molecule has 0 fully saturated rings. The average molecular weight is 198 g/mol. The zero-order chi connectivity index (χ0) is 10.4. The van der Waals surface area contributed by atoms with Gasteiger partial charge in [-0.15, -0.1) is 0 Å². The van der Waals surface area contributed by atoms with E-state index in [2.05, 4.69) is 6.92 Å². The molecule has 3 nitrogen and oxygen atoms in total. The van der Waals surface area contributed by atoms with Crippen LogP contribution in [-0.2, 0) is 14.3 Å². The molecule has 0 aromatic heterocycles. The number of cyclic esters (lactones) is 1. The fraction of sp³-hybridized carbons (Fsp3) is 0.727. The molecule has 3 heteroatoms. The van der Waals surface area contributed by atoms with Crippen molar-refractivity contribution < 1.29 is 14.3 Å². The van der Waals surface area contributed by atoms with Crippen LogP contribution in [0.2, 0.25) is 0 Å². The molecule has 14 heavy (non-hydrogen) atoms. The SMILES string of the molecule is CCCCCCC1OC(=O)C=C(C)O1. The molecule has 1 heterocycles. The van der Waals surface area contributed by atoms with Gasteiger partial charge in [-0.25, -0.2) is 4.79 Å². The number of rotatable bonds is 5. The molecule has 80 valence electrons. The van der Waals surface area contributed by atoms with E-state index in [9.17, 15) is 4.79 Å². The summed E-state index contributed by atoms with van der Waals surface area (Å²) in [4.78, 5) is 11.0. The Hall–Kier alpha value is -0.990. The normalized spacial score (nSPS) is 21.1. The summed E-state index contributed by atoms with van der Waals surface area (Å²) in [5.74, 6) is 0.371. The average Bonchev–Trinajstić information content (AvgIpc) is 2.11. The first-order valence-corrected chi connectivity index (χ1v) is 5.28. The summed E-state index contributed by atoms with van der Waals surface area (Å²) in [6.45, 7) is 3.95. The predicted molar refractivity (Wildman–Crippen MR) is 53.5 cm³/mol. The van der Waals surface area contributed by atoms with Crippen molar-refractivity contribution >= 4 is 5.97 Å². The Morgan fingerprint density at radius 1 is 1.29 bits per heavy atom. The molecule has 1 rings (SSSR count). The summed E-state index contributed by atoms with van der Waals surface area (Å²) >= 11 is 0. The number of ether oxygens (including phenoxy) is 2. The maximum absolute atomic E-state index is 11.0.